The number of hydrogen-bond acceptors (Lipinski definition) is 5. The third-order valence-corrected chi connectivity index (χ3v) is 5.15. The van der Waals surface area contributed by atoms with Crippen molar-refractivity contribution in [1.82, 2.24) is 15.0 Å². The van der Waals surface area contributed by atoms with Gasteiger partial charge in [0.2, 0.25) is 0 Å². The topological polar surface area (TPSA) is 69.8 Å². The van der Waals surface area contributed by atoms with Crippen LogP contribution in [-0.4, -0.2) is 58.3 Å². The maximum Gasteiger partial charge on any atom is 0.317 e. The van der Waals surface area contributed by atoms with Gasteiger partial charge in [-0.25, -0.2) is 0 Å². The zero-order chi connectivity index (χ0) is 18.5. The van der Waals surface area contributed by atoms with Crippen molar-refractivity contribution < 1.29 is 14.4 Å². The number of carboxylic acids is 1. The van der Waals surface area contributed by atoms with Gasteiger partial charge in [0.15, 0.2) is 5.76 Å². The number of likely N-dealkylation sites (N-methyl/N-ethyl adjacent to an activating group) is 1. The molecule has 1 aromatic heterocycles. The molecule has 2 heterocycles. The molecule has 0 unspecified atom stereocenters. The molecule has 2 aromatic rings. The summed E-state index contributed by atoms with van der Waals surface area (Å²) in [5.41, 5.74) is 1.79. The third kappa shape index (κ3) is 4.84. The zero-order valence-corrected chi connectivity index (χ0v) is 15.7. The van der Waals surface area contributed by atoms with Crippen molar-refractivity contribution in [2.24, 2.45) is 0 Å². The van der Waals surface area contributed by atoms with Crippen LogP contribution in [0.25, 0.3) is 11.3 Å². The number of aliphatic carboxylic acids is 1. The lowest BCUT2D eigenvalue weighted by atomic mass is 10.0. The summed E-state index contributed by atoms with van der Waals surface area (Å²) in [4.78, 5) is 15.4. The van der Waals surface area contributed by atoms with E-state index in [1.54, 1.807) is 0 Å². The van der Waals surface area contributed by atoms with E-state index >= 15 is 0 Å². The molecule has 0 aliphatic carbocycles. The highest BCUT2D eigenvalue weighted by Crippen LogP contribution is 2.23. The number of carbonyl (C=O) groups is 1. The number of benzene rings is 1. The van der Waals surface area contributed by atoms with Crippen LogP contribution in [0.5, 0.6) is 0 Å². The molecular formula is C19H24ClN3O3. The first-order chi connectivity index (χ1) is 12.5. The lowest BCUT2D eigenvalue weighted by Gasteiger charge is -2.37. The molecule has 26 heavy (non-hydrogen) atoms. The number of piperidine rings is 1. The maximum atomic E-state index is 11.0. The maximum absolute atomic E-state index is 11.0. The Morgan fingerprint density at radius 3 is 2.65 bits per heavy atom. The molecule has 140 valence electrons. The van der Waals surface area contributed by atoms with Gasteiger partial charge in [0.25, 0.3) is 0 Å². The summed E-state index contributed by atoms with van der Waals surface area (Å²) >= 11 is 5.92. The van der Waals surface area contributed by atoms with Gasteiger partial charge in [-0.05, 0) is 31.5 Å². The van der Waals surface area contributed by atoms with Crippen molar-refractivity contribution in [2.45, 2.75) is 32.4 Å². The Morgan fingerprint density at radius 1 is 1.35 bits per heavy atom. The fourth-order valence-corrected chi connectivity index (χ4v) is 3.61. The first-order valence-electron chi connectivity index (χ1n) is 8.95. The van der Waals surface area contributed by atoms with Gasteiger partial charge < -0.3 is 9.63 Å². The van der Waals surface area contributed by atoms with Gasteiger partial charge in [-0.15, -0.1) is 0 Å². The first-order valence-corrected chi connectivity index (χ1v) is 9.32. The van der Waals surface area contributed by atoms with Crippen LogP contribution < -0.4 is 0 Å². The second kappa shape index (κ2) is 8.66. The molecule has 0 spiro atoms. The fourth-order valence-electron chi connectivity index (χ4n) is 3.48. The first kappa shape index (κ1) is 18.9. The monoisotopic (exact) mass is 377 g/mol. The lowest BCUT2D eigenvalue weighted by molar-refractivity contribution is -0.139. The molecule has 0 amide bonds. The number of nitrogens with zero attached hydrogens (tertiary/aromatic N) is 3. The summed E-state index contributed by atoms with van der Waals surface area (Å²) in [7, 11) is 0. The van der Waals surface area contributed by atoms with Crippen LogP contribution in [0.15, 0.2) is 34.9 Å². The fraction of sp³-hybridized carbons (Fsp3) is 0.474. The molecule has 1 aliphatic heterocycles. The van der Waals surface area contributed by atoms with Crippen LogP contribution in [0.1, 0.15) is 25.5 Å². The van der Waals surface area contributed by atoms with Gasteiger partial charge in [0, 0.05) is 35.8 Å². The average molecular weight is 378 g/mol. The Balaban J connectivity index is 1.53. The summed E-state index contributed by atoms with van der Waals surface area (Å²) in [5.74, 6) is 0.0805. The summed E-state index contributed by atoms with van der Waals surface area (Å²) in [5, 5.41) is 13.9. The van der Waals surface area contributed by atoms with Crippen LogP contribution in [0.4, 0.5) is 0 Å². The van der Waals surface area contributed by atoms with Crippen molar-refractivity contribution in [3.63, 3.8) is 0 Å². The van der Waals surface area contributed by atoms with Crippen LogP contribution in [0.2, 0.25) is 5.02 Å². The summed E-state index contributed by atoms with van der Waals surface area (Å²) in [6, 6.07) is 9.85. The molecule has 0 atom stereocenters. The number of likely N-dealkylation sites (tertiary alicyclic amines) is 1. The van der Waals surface area contributed by atoms with Crippen molar-refractivity contribution >= 4 is 17.6 Å². The van der Waals surface area contributed by atoms with Crippen LogP contribution >= 0.6 is 11.6 Å². The highest BCUT2D eigenvalue weighted by Gasteiger charge is 2.25. The van der Waals surface area contributed by atoms with E-state index in [1.807, 2.05) is 42.2 Å². The van der Waals surface area contributed by atoms with Crippen molar-refractivity contribution in [2.75, 3.05) is 26.2 Å². The number of hydrogen-bond donors (Lipinski definition) is 1. The molecule has 1 saturated heterocycles. The van der Waals surface area contributed by atoms with E-state index in [9.17, 15) is 4.79 Å². The smallest absolute Gasteiger partial charge is 0.317 e. The summed E-state index contributed by atoms with van der Waals surface area (Å²) < 4.78 is 5.49. The Bertz CT molecular complexity index is 724. The Labute approximate surface area is 158 Å². The Kier molecular flexibility index (Phi) is 6.29. The molecule has 1 aromatic carbocycles. The molecule has 0 bridgehead atoms. The Hall–Kier alpha value is -1.89. The molecule has 1 aliphatic rings. The molecule has 0 radical (unpaired) electrons. The highest BCUT2D eigenvalue weighted by atomic mass is 35.5. The minimum Gasteiger partial charge on any atom is -0.480 e. The molecule has 1 N–H and O–H groups in total. The number of carboxylic acid groups (broad SMARTS) is 1. The molecule has 1 fully saturated rings. The normalized spacial score (nSPS) is 16.3. The van der Waals surface area contributed by atoms with E-state index in [0.717, 1.165) is 56.0 Å². The van der Waals surface area contributed by atoms with E-state index < -0.39 is 5.97 Å². The van der Waals surface area contributed by atoms with Gasteiger partial charge in [-0.3, -0.25) is 14.6 Å². The molecule has 0 saturated carbocycles. The van der Waals surface area contributed by atoms with Gasteiger partial charge in [0.1, 0.15) is 5.69 Å². The van der Waals surface area contributed by atoms with Gasteiger partial charge in [-0.2, -0.15) is 0 Å². The molecule has 6 nitrogen and oxygen atoms in total. The highest BCUT2D eigenvalue weighted by molar-refractivity contribution is 6.30. The van der Waals surface area contributed by atoms with E-state index in [-0.39, 0.29) is 6.54 Å². The standard InChI is InChI=1S/C19H24ClN3O3/c1-2-23(13-19(24)25)16-7-9-22(10-8-16)12-17-11-18(21-26-17)14-3-5-15(20)6-4-14/h3-6,11,16H,2,7-10,12-13H2,1H3,(H,24,25). The van der Waals surface area contributed by atoms with E-state index in [2.05, 4.69) is 10.1 Å². The number of halogens is 1. The van der Waals surface area contributed by atoms with E-state index in [1.165, 1.54) is 0 Å². The van der Waals surface area contributed by atoms with Crippen molar-refractivity contribution in [1.29, 1.82) is 0 Å². The SMILES string of the molecule is CCN(CC(=O)O)C1CCN(Cc2cc(-c3ccc(Cl)cc3)no2)CC1. The molecule has 7 heteroatoms. The van der Waals surface area contributed by atoms with Gasteiger partial charge in [0.05, 0.1) is 13.1 Å². The van der Waals surface area contributed by atoms with E-state index in [4.69, 9.17) is 21.2 Å². The van der Waals surface area contributed by atoms with Crippen LogP contribution in [0, 0.1) is 0 Å². The van der Waals surface area contributed by atoms with Crippen molar-refractivity contribution in [3.8, 4) is 11.3 Å². The zero-order valence-electron chi connectivity index (χ0n) is 14.9. The summed E-state index contributed by atoms with van der Waals surface area (Å²) in [6.07, 6.45) is 1.94. The van der Waals surface area contributed by atoms with Gasteiger partial charge in [-0.1, -0.05) is 35.8 Å². The third-order valence-electron chi connectivity index (χ3n) is 4.90. The van der Waals surface area contributed by atoms with Crippen LogP contribution in [0.3, 0.4) is 0 Å². The molecule has 3 rings (SSSR count). The minimum atomic E-state index is -0.759. The second-order valence-electron chi connectivity index (χ2n) is 6.65. The Morgan fingerprint density at radius 2 is 2.04 bits per heavy atom. The quantitative estimate of drug-likeness (QED) is 0.797. The summed E-state index contributed by atoms with van der Waals surface area (Å²) in [6.45, 7) is 5.48. The van der Waals surface area contributed by atoms with Gasteiger partial charge >= 0.3 is 5.97 Å². The predicted octanol–water partition coefficient (Wildman–Crippen LogP) is 3.37. The lowest BCUT2D eigenvalue weighted by Crippen LogP contribution is -2.46. The van der Waals surface area contributed by atoms with Crippen molar-refractivity contribution in [3.05, 3.63) is 41.1 Å². The minimum absolute atomic E-state index is 0.119. The number of aromatic nitrogens is 1. The molecular weight excluding hydrogens is 354 g/mol. The number of rotatable bonds is 7. The van der Waals surface area contributed by atoms with Crippen LogP contribution in [-0.2, 0) is 11.3 Å². The predicted molar refractivity (Wildman–Crippen MR) is 100 cm³/mol. The second-order valence-corrected chi connectivity index (χ2v) is 7.09. The van der Waals surface area contributed by atoms with E-state index in [0.29, 0.717) is 11.1 Å². The largest absolute Gasteiger partial charge is 0.480 e. The average Bonchev–Trinajstić information content (AvgIpc) is 3.09.